The Morgan fingerprint density at radius 2 is 1.19 bits per heavy atom. The fourth-order valence-corrected chi connectivity index (χ4v) is 2.73. The molecular formula is C22H40O5. The molecule has 5 heteroatoms. The van der Waals surface area contributed by atoms with E-state index in [2.05, 4.69) is 6.92 Å². The highest BCUT2D eigenvalue weighted by Gasteiger charge is 2.13. The molecule has 0 fully saturated rings. The quantitative estimate of drug-likeness (QED) is 0.229. The van der Waals surface area contributed by atoms with Crippen molar-refractivity contribution < 1.29 is 23.9 Å². The van der Waals surface area contributed by atoms with Gasteiger partial charge >= 0.3 is 11.9 Å². The van der Waals surface area contributed by atoms with Crippen LogP contribution in [0.1, 0.15) is 111 Å². The molecule has 0 aliphatic rings. The van der Waals surface area contributed by atoms with Crippen LogP contribution in [0.15, 0.2) is 0 Å². The molecule has 158 valence electrons. The molecule has 0 aromatic heterocycles. The summed E-state index contributed by atoms with van der Waals surface area (Å²) in [7, 11) is 0. The van der Waals surface area contributed by atoms with E-state index in [1.807, 2.05) is 0 Å². The van der Waals surface area contributed by atoms with Gasteiger partial charge in [0.05, 0.1) is 6.61 Å². The molecule has 0 saturated heterocycles. The maximum absolute atomic E-state index is 11.6. The Balaban J connectivity index is 3.37. The van der Waals surface area contributed by atoms with Crippen molar-refractivity contribution in [2.45, 2.75) is 117 Å². The van der Waals surface area contributed by atoms with E-state index >= 15 is 0 Å². The summed E-state index contributed by atoms with van der Waals surface area (Å²) in [4.78, 5) is 34.1. The van der Waals surface area contributed by atoms with Gasteiger partial charge in [0.1, 0.15) is 0 Å². The van der Waals surface area contributed by atoms with Crippen LogP contribution >= 0.6 is 0 Å². The van der Waals surface area contributed by atoms with Crippen LogP contribution in [0.3, 0.4) is 0 Å². The third-order valence-corrected chi connectivity index (χ3v) is 4.65. The molecule has 0 spiro atoms. The summed E-state index contributed by atoms with van der Waals surface area (Å²) in [5.74, 6) is -0.758. The zero-order valence-electron chi connectivity index (χ0n) is 17.7. The predicted molar refractivity (Wildman–Crippen MR) is 108 cm³/mol. The summed E-state index contributed by atoms with van der Waals surface area (Å²) in [6, 6.07) is 0. The fourth-order valence-electron chi connectivity index (χ4n) is 2.73. The van der Waals surface area contributed by atoms with Crippen LogP contribution < -0.4 is 0 Å². The molecule has 0 aromatic rings. The van der Waals surface area contributed by atoms with Gasteiger partial charge in [0.15, 0.2) is 11.9 Å². The molecule has 0 bridgehead atoms. The lowest BCUT2D eigenvalue weighted by Gasteiger charge is -2.09. The summed E-state index contributed by atoms with van der Waals surface area (Å²) < 4.78 is 10.2. The fraction of sp³-hybridized carbons (Fsp3) is 0.864. The normalized spacial score (nSPS) is 11.8. The molecule has 0 saturated carbocycles. The molecule has 0 aliphatic heterocycles. The first kappa shape index (κ1) is 25.6. The first-order chi connectivity index (χ1) is 13.0. The SMILES string of the molecule is CCCCCCCCCCCCOC(=O)CCCCC(=O)OC(C)C(C)=O. The van der Waals surface area contributed by atoms with Crippen LogP contribution in [0.4, 0.5) is 0 Å². The topological polar surface area (TPSA) is 69.7 Å². The van der Waals surface area contributed by atoms with Gasteiger partial charge in [0.2, 0.25) is 0 Å². The standard InChI is InChI=1S/C22H40O5/c1-4-5-6-7-8-9-10-11-12-15-18-26-21(24)16-13-14-17-22(25)27-20(3)19(2)23/h20H,4-18H2,1-3H3. The zero-order valence-corrected chi connectivity index (χ0v) is 17.7. The van der Waals surface area contributed by atoms with Crippen molar-refractivity contribution >= 4 is 17.7 Å². The monoisotopic (exact) mass is 384 g/mol. The van der Waals surface area contributed by atoms with Crippen LogP contribution in [0.25, 0.3) is 0 Å². The Morgan fingerprint density at radius 1 is 0.704 bits per heavy atom. The number of carbonyl (C=O) groups is 3. The van der Waals surface area contributed by atoms with E-state index in [1.165, 1.54) is 58.3 Å². The second kappa shape index (κ2) is 18.0. The molecule has 0 N–H and O–H groups in total. The van der Waals surface area contributed by atoms with Gasteiger partial charge in [-0.15, -0.1) is 0 Å². The van der Waals surface area contributed by atoms with Crippen molar-refractivity contribution in [1.82, 2.24) is 0 Å². The van der Waals surface area contributed by atoms with Gasteiger partial charge in [-0.05, 0) is 33.1 Å². The minimum atomic E-state index is -0.691. The number of rotatable bonds is 18. The van der Waals surface area contributed by atoms with Crippen LogP contribution in [0.5, 0.6) is 0 Å². The van der Waals surface area contributed by atoms with Crippen LogP contribution in [0, 0.1) is 0 Å². The summed E-state index contributed by atoms with van der Waals surface area (Å²) in [5, 5.41) is 0. The summed E-state index contributed by atoms with van der Waals surface area (Å²) in [5.41, 5.74) is 0. The van der Waals surface area contributed by atoms with Gasteiger partial charge in [0, 0.05) is 12.8 Å². The molecule has 0 aromatic carbocycles. The Bertz CT molecular complexity index is 406. The van der Waals surface area contributed by atoms with Gasteiger partial charge in [-0.2, -0.15) is 0 Å². The van der Waals surface area contributed by atoms with Gasteiger partial charge < -0.3 is 9.47 Å². The molecule has 0 heterocycles. The van der Waals surface area contributed by atoms with Crippen LogP contribution in [0.2, 0.25) is 0 Å². The van der Waals surface area contributed by atoms with Crippen molar-refractivity contribution in [2.24, 2.45) is 0 Å². The van der Waals surface area contributed by atoms with E-state index in [0.717, 1.165) is 12.8 Å². The van der Waals surface area contributed by atoms with Crippen LogP contribution in [-0.2, 0) is 23.9 Å². The van der Waals surface area contributed by atoms with E-state index in [0.29, 0.717) is 25.9 Å². The van der Waals surface area contributed by atoms with Gasteiger partial charge in [0.25, 0.3) is 0 Å². The van der Waals surface area contributed by atoms with E-state index in [1.54, 1.807) is 6.92 Å². The molecule has 0 aliphatic carbocycles. The lowest BCUT2D eigenvalue weighted by molar-refractivity contribution is -0.153. The highest BCUT2D eigenvalue weighted by Crippen LogP contribution is 2.11. The average molecular weight is 385 g/mol. The smallest absolute Gasteiger partial charge is 0.306 e. The average Bonchev–Trinajstić information content (AvgIpc) is 2.63. The Kier molecular flexibility index (Phi) is 17.1. The third kappa shape index (κ3) is 17.8. The van der Waals surface area contributed by atoms with Gasteiger partial charge in [-0.1, -0.05) is 64.7 Å². The second-order valence-electron chi connectivity index (χ2n) is 7.35. The molecule has 0 radical (unpaired) electrons. The lowest BCUT2D eigenvalue weighted by Crippen LogP contribution is -2.21. The molecule has 1 atom stereocenters. The molecule has 0 amide bonds. The zero-order chi connectivity index (χ0) is 20.3. The van der Waals surface area contributed by atoms with Gasteiger partial charge in [-0.3, -0.25) is 14.4 Å². The molecular weight excluding hydrogens is 344 g/mol. The van der Waals surface area contributed by atoms with E-state index in [-0.39, 0.29) is 18.2 Å². The Morgan fingerprint density at radius 3 is 1.70 bits per heavy atom. The summed E-state index contributed by atoms with van der Waals surface area (Å²) in [6.07, 6.45) is 13.6. The first-order valence-corrected chi connectivity index (χ1v) is 10.8. The molecule has 1 unspecified atom stereocenters. The van der Waals surface area contributed by atoms with E-state index in [9.17, 15) is 14.4 Å². The minimum Gasteiger partial charge on any atom is -0.466 e. The van der Waals surface area contributed by atoms with Gasteiger partial charge in [-0.25, -0.2) is 0 Å². The maximum atomic E-state index is 11.6. The van der Waals surface area contributed by atoms with Crippen molar-refractivity contribution in [3.63, 3.8) is 0 Å². The summed E-state index contributed by atoms with van der Waals surface area (Å²) >= 11 is 0. The third-order valence-electron chi connectivity index (χ3n) is 4.65. The van der Waals surface area contributed by atoms with Crippen LogP contribution in [-0.4, -0.2) is 30.4 Å². The van der Waals surface area contributed by atoms with Crippen molar-refractivity contribution in [3.8, 4) is 0 Å². The highest BCUT2D eigenvalue weighted by molar-refractivity contribution is 5.83. The Hall–Kier alpha value is -1.39. The largest absolute Gasteiger partial charge is 0.466 e. The number of hydrogen-bond donors (Lipinski definition) is 0. The maximum Gasteiger partial charge on any atom is 0.306 e. The first-order valence-electron chi connectivity index (χ1n) is 10.8. The second-order valence-corrected chi connectivity index (χ2v) is 7.35. The lowest BCUT2D eigenvalue weighted by atomic mass is 10.1. The van der Waals surface area contributed by atoms with Crippen molar-refractivity contribution in [2.75, 3.05) is 6.61 Å². The Labute approximate surface area is 165 Å². The molecule has 0 rings (SSSR count). The van der Waals surface area contributed by atoms with E-state index < -0.39 is 12.1 Å². The number of unbranched alkanes of at least 4 members (excludes halogenated alkanes) is 10. The molecule has 5 nitrogen and oxygen atoms in total. The predicted octanol–water partition coefficient (Wildman–Crippen LogP) is 5.53. The number of ketones is 1. The number of Topliss-reactive ketones (excluding diaryl/α,β-unsaturated/α-hetero) is 1. The number of ether oxygens (including phenoxy) is 2. The van der Waals surface area contributed by atoms with E-state index in [4.69, 9.17) is 9.47 Å². The highest BCUT2D eigenvalue weighted by atomic mass is 16.5. The number of carbonyl (C=O) groups excluding carboxylic acids is 3. The van der Waals surface area contributed by atoms with Crippen molar-refractivity contribution in [1.29, 1.82) is 0 Å². The molecule has 27 heavy (non-hydrogen) atoms. The number of esters is 2. The number of hydrogen-bond acceptors (Lipinski definition) is 5. The minimum absolute atomic E-state index is 0.168. The summed E-state index contributed by atoms with van der Waals surface area (Å²) in [6.45, 7) is 5.68. The van der Waals surface area contributed by atoms with Crippen molar-refractivity contribution in [3.05, 3.63) is 0 Å².